The van der Waals surface area contributed by atoms with Gasteiger partial charge in [0, 0.05) is 11.1 Å². The molecule has 0 aliphatic carbocycles. The van der Waals surface area contributed by atoms with Crippen molar-refractivity contribution in [1.82, 2.24) is 0 Å². The molecule has 0 spiro atoms. The number of hydrogen-bond acceptors (Lipinski definition) is 0. The molecule has 2 aromatic rings. The van der Waals surface area contributed by atoms with Gasteiger partial charge in [-0.1, -0.05) is 60.7 Å². The minimum absolute atomic E-state index is 0. The number of halogens is 2. The zero-order valence-corrected chi connectivity index (χ0v) is 21.3. The molecular formula is C24H38Br2N2. The van der Waals surface area contributed by atoms with Gasteiger partial charge in [-0.05, 0) is 27.7 Å². The Bertz CT molecular complexity index is 566. The van der Waals surface area contributed by atoms with Crippen molar-refractivity contribution < 1.29 is 42.9 Å². The Morgan fingerprint density at radius 3 is 1.04 bits per heavy atom. The number of quaternary nitrogens is 2. The lowest BCUT2D eigenvalue weighted by Crippen LogP contribution is -3.00. The summed E-state index contributed by atoms with van der Waals surface area (Å²) in [7, 11) is 0. The number of hydrogen-bond donors (Lipinski definition) is 0. The molecule has 0 amide bonds. The molecule has 2 rings (SSSR count). The van der Waals surface area contributed by atoms with E-state index in [4.69, 9.17) is 0 Å². The highest BCUT2D eigenvalue weighted by Gasteiger charge is 2.31. The summed E-state index contributed by atoms with van der Waals surface area (Å²) in [6.45, 7) is 19.0. The van der Waals surface area contributed by atoms with Crippen LogP contribution in [-0.2, 0) is 13.1 Å². The maximum Gasteiger partial charge on any atom is 0.129 e. The predicted octanol–water partition coefficient (Wildman–Crippen LogP) is -0.892. The van der Waals surface area contributed by atoms with E-state index in [0.29, 0.717) is 0 Å². The van der Waals surface area contributed by atoms with E-state index < -0.39 is 0 Å². The van der Waals surface area contributed by atoms with Crippen molar-refractivity contribution in [3.05, 3.63) is 71.8 Å². The van der Waals surface area contributed by atoms with Gasteiger partial charge in [-0.25, -0.2) is 0 Å². The molecule has 4 heteroatoms. The van der Waals surface area contributed by atoms with Crippen molar-refractivity contribution >= 4 is 0 Å². The Morgan fingerprint density at radius 2 is 0.786 bits per heavy atom. The minimum Gasteiger partial charge on any atom is -1.00 e. The second kappa shape index (κ2) is 13.5. The number of benzene rings is 2. The molecule has 0 aliphatic rings. The lowest BCUT2D eigenvalue weighted by Gasteiger charge is -2.42. The first-order valence-corrected chi connectivity index (χ1v) is 10.4. The molecule has 28 heavy (non-hydrogen) atoms. The Hall–Kier alpha value is -0.680. The first-order valence-electron chi connectivity index (χ1n) is 10.4. The Morgan fingerprint density at radius 1 is 0.500 bits per heavy atom. The second-order valence-corrected chi connectivity index (χ2v) is 7.68. The highest BCUT2D eigenvalue weighted by molar-refractivity contribution is 5.14. The van der Waals surface area contributed by atoms with E-state index in [2.05, 4.69) is 88.4 Å². The summed E-state index contributed by atoms with van der Waals surface area (Å²) in [5, 5.41) is 0. The van der Waals surface area contributed by atoms with E-state index in [1.165, 1.54) is 59.4 Å². The minimum atomic E-state index is 0. The molecule has 0 heterocycles. The summed E-state index contributed by atoms with van der Waals surface area (Å²) in [5.41, 5.74) is 2.93. The molecule has 0 unspecified atom stereocenters. The van der Waals surface area contributed by atoms with Crippen LogP contribution in [0.15, 0.2) is 60.7 Å². The molecule has 0 radical (unpaired) electrons. The lowest BCUT2D eigenvalue weighted by molar-refractivity contribution is -0.990. The van der Waals surface area contributed by atoms with Crippen LogP contribution in [0.25, 0.3) is 0 Å². The van der Waals surface area contributed by atoms with Crippen LogP contribution in [0.4, 0.5) is 0 Å². The average Bonchev–Trinajstić information content (AvgIpc) is 2.71. The zero-order valence-electron chi connectivity index (χ0n) is 18.1. The van der Waals surface area contributed by atoms with Gasteiger partial charge in [-0.2, -0.15) is 0 Å². The first-order chi connectivity index (χ1) is 12.6. The van der Waals surface area contributed by atoms with Crippen molar-refractivity contribution in [2.45, 2.75) is 40.8 Å². The first kappa shape index (κ1) is 27.3. The third-order valence-electron chi connectivity index (χ3n) is 6.45. The number of likely N-dealkylation sites (N-methyl/N-ethyl adjacent to an activating group) is 2. The Labute approximate surface area is 194 Å². The topological polar surface area (TPSA) is 0 Å². The third kappa shape index (κ3) is 7.62. The summed E-state index contributed by atoms with van der Waals surface area (Å²) < 4.78 is 2.36. The molecule has 0 fully saturated rings. The Balaban J connectivity index is 0.00000364. The van der Waals surface area contributed by atoms with Crippen LogP contribution in [0.1, 0.15) is 38.8 Å². The normalized spacial score (nSPS) is 11.4. The fraction of sp³-hybridized carbons (Fsp3) is 0.500. The molecule has 0 aromatic heterocycles. The van der Waals surface area contributed by atoms with Gasteiger partial charge in [-0.15, -0.1) is 0 Å². The van der Waals surface area contributed by atoms with Gasteiger partial charge in [0.2, 0.25) is 0 Å². The van der Waals surface area contributed by atoms with Crippen molar-refractivity contribution in [1.29, 1.82) is 0 Å². The van der Waals surface area contributed by atoms with Crippen molar-refractivity contribution in [3.63, 3.8) is 0 Å². The molecule has 0 N–H and O–H groups in total. The highest BCUT2D eigenvalue weighted by atomic mass is 79.9. The second-order valence-electron chi connectivity index (χ2n) is 7.68. The van der Waals surface area contributed by atoms with Crippen LogP contribution in [-0.4, -0.2) is 48.2 Å². The smallest absolute Gasteiger partial charge is 0.129 e. The third-order valence-corrected chi connectivity index (χ3v) is 6.45. The molecule has 2 aromatic carbocycles. The van der Waals surface area contributed by atoms with Gasteiger partial charge in [0.05, 0.1) is 26.2 Å². The predicted molar refractivity (Wildman–Crippen MR) is 113 cm³/mol. The van der Waals surface area contributed by atoms with Crippen LogP contribution in [0.3, 0.4) is 0 Å². The van der Waals surface area contributed by atoms with E-state index in [1.54, 1.807) is 0 Å². The Kier molecular flexibility index (Phi) is 13.2. The molecule has 0 saturated heterocycles. The van der Waals surface area contributed by atoms with Gasteiger partial charge in [0.15, 0.2) is 0 Å². The monoisotopic (exact) mass is 512 g/mol. The van der Waals surface area contributed by atoms with Gasteiger partial charge in [0.1, 0.15) is 26.2 Å². The van der Waals surface area contributed by atoms with E-state index in [9.17, 15) is 0 Å². The molecule has 2 nitrogen and oxygen atoms in total. The molecule has 0 saturated carbocycles. The van der Waals surface area contributed by atoms with Crippen LogP contribution < -0.4 is 34.0 Å². The average molecular weight is 514 g/mol. The van der Waals surface area contributed by atoms with Crippen LogP contribution in [0.2, 0.25) is 0 Å². The van der Waals surface area contributed by atoms with E-state index in [-0.39, 0.29) is 34.0 Å². The maximum absolute atomic E-state index is 2.36. The standard InChI is InChI=1S/C24H38N2.2BrH/c1-5-25(6-2,21-23-15-11-9-12-16-23)19-20-26(7-3,8-4)22-24-17-13-10-14-18-24;;/h9-18H,5-8,19-22H2,1-4H3;2*1H/q+2;;/p-2. The van der Waals surface area contributed by atoms with Crippen LogP contribution in [0, 0.1) is 0 Å². The summed E-state index contributed by atoms with van der Waals surface area (Å²) >= 11 is 0. The van der Waals surface area contributed by atoms with E-state index >= 15 is 0 Å². The van der Waals surface area contributed by atoms with Gasteiger partial charge in [-0.3, -0.25) is 0 Å². The summed E-state index contributed by atoms with van der Waals surface area (Å²) in [6.07, 6.45) is 0. The highest BCUT2D eigenvalue weighted by Crippen LogP contribution is 2.19. The van der Waals surface area contributed by atoms with Crippen LogP contribution >= 0.6 is 0 Å². The largest absolute Gasteiger partial charge is 1.00 e. The quantitative estimate of drug-likeness (QED) is 0.342. The molecule has 158 valence electrons. The number of nitrogens with zero attached hydrogens (tertiary/aromatic N) is 2. The fourth-order valence-corrected chi connectivity index (χ4v) is 4.05. The summed E-state index contributed by atoms with van der Waals surface area (Å²) in [6, 6.07) is 22.0. The SMILES string of the molecule is CC[N+](CC)(CC[N+](CC)(CC)Cc1ccccc1)Cc1ccccc1.[Br-].[Br-]. The van der Waals surface area contributed by atoms with Crippen molar-refractivity contribution in [3.8, 4) is 0 Å². The van der Waals surface area contributed by atoms with Gasteiger partial charge >= 0.3 is 0 Å². The lowest BCUT2D eigenvalue weighted by atomic mass is 10.1. The van der Waals surface area contributed by atoms with E-state index in [0.717, 1.165) is 13.1 Å². The molecule has 0 aliphatic heterocycles. The van der Waals surface area contributed by atoms with Crippen molar-refractivity contribution in [2.75, 3.05) is 39.3 Å². The van der Waals surface area contributed by atoms with E-state index in [1.807, 2.05) is 0 Å². The molecular weight excluding hydrogens is 476 g/mol. The van der Waals surface area contributed by atoms with Gasteiger partial charge < -0.3 is 42.9 Å². The van der Waals surface area contributed by atoms with Gasteiger partial charge in [0.25, 0.3) is 0 Å². The zero-order chi connectivity index (χ0) is 18.9. The van der Waals surface area contributed by atoms with Crippen molar-refractivity contribution in [2.24, 2.45) is 0 Å². The maximum atomic E-state index is 2.36. The van der Waals surface area contributed by atoms with Crippen LogP contribution in [0.5, 0.6) is 0 Å². The summed E-state index contributed by atoms with van der Waals surface area (Å²) in [4.78, 5) is 0. The fourth-order valence-electron chi connectivity index (χ4n) is 4.05. The molecule has 0 bridgehead atoms. The number of rotatable bonds is 11. The molecule has 0 atom stereocenters. The summed E-state index contributed by atoms with van der Waals surface area (Å²) in [5.74, 6) is 0.